The van der Waals surface area contributed by atoms with Crippen LogP contribution in [0, 0.1) is 0 Å². The highest BCUT2D eigenvalue weighted by atomic mass is 31.2. The first-order valence-electron chi connectivity index (χ1n) is 8.28. The second-order valence-electron chi connectivity index (χ2n) is 6.25. The average Bonchev–Trinajstić information content (AvgIpc) is 3.09. The van der Waals surface area contributed by atoms with E-state index in [2.05, 4.69) is 24.9 Å². The highest BCUT2D eigenvalue weighted by molar-refractivity contribution is 7.51. The molecule has 0 bridgehead atoms. The lowest BCUT2D eigenvalue weighted by atomic mass is 10.2. The van der Waals surface area contributed by atoms with Crippen LogP contribution in [0.3, 0.4) is 0 Å². The number of anilines is 1. The van der Waals surface area contributed by atoms with Gasteiger partial charge in [-0.25, -0.2) is 19.9 Å². The Morgan fingerprint density at radius 2 is 1.86 bits per heavy atom. The molecule has 154 valence electrons. The van der Waals surface area contributed by atoms with E-state index in [1.54, 1.807) is 0 Å². The van der Waals surface area contributed by atoms with Crippen LogP contribution in [0.4, 0.5) is 5.95 Å². The zero-order chi connectivity index (χ0) is 20.8. The number of hydrogen-bond donors (Lipinski definition) is 5. The van der Waals surface area contributed by atoms with Crippen molar-refractivity contribution < 1.29 is 29.3 Å². The molecule has 4 atom stereocenters. The number of ether oxygens (including phenoxy) is 1. The first kappa shape index (κ1) is 19.6. The molecule has 0 saturated carbocycles. The Balaban J connectivity index is 1.81. The lowest BCUT2D eigenvalue weighted by Gasteiger charge is -2.45. The summed E-state index contributed by atoms with van der Waals surface area (Å²) in [6.45, 7) is 0. The summed E-state index contributed by atoms with van der Waals surface area (Å²) >= 11 is 0. The molecule has 0 spiro atoms. The van der Waals surface area contributed by atoms with Gasteiger partial charge in [-0.3, -0.25) is 18.8 Å². The molecule has 3 aromatic rings. The second-order valence-corrected chi connectivity index (χ2v) is 7.95. The van der Waals surface area contributed by atoms with Gasteiger partial charge in [0.15, 0.2) is 29.8 Å². The zero-order valence-corrected chi connectivity index (χ0v) is 15.4. The maximum Gasteiger partial charge on any atom is 0.328 e. The SMILES string of the molecule is O=c1[nH]cnc2c1ncn2[C@@H]1O[C@@H](CP(=O)(O)O)C(O)N(c2ncccn2)C1O. The molecule has 14 nitrogen and oxygen atoms in total. The molecule has 1 fully saturated rings. The van der Waals surface area contributed by atoms with E-state index in [0.29, 0.717) is 0 Å². The number of nitrogens with one attached hydrogen (secondary N) is 1. The molecule has 29 heavy (non-hydrogen) atoms. The Bertz CT molecular complexity index is 1120. The number of rotatable bonds is 4. The van der Waals surface area contributed by atoms with Gasteiger partial charge in [0, 0.05) is 12.4 Å². The highest BCUT2D eigenvalue weighted by Gasteiger charge is 2.47. The van der Waals surface area contributed by atoms with Crippen molar-refractivity contribution in [2.75, 3.05) is 11.1 Å². The molecule has 5 N–H and O–H groups in total. The quantitative estimate of drug-likeness (QED) is 0.292. The van der Waals surface area contributed by atoms with Crippen molar-refractivity contribution >= 4 is 24.7 Å². The molecule has 0 radical (unpaired) electrons. The van der Waals surface area contributed by atoms with Gasteiger partial charge in [0.2, 0.25) is 5.95 Å². The number of imidazole rings is 1. The van der Waals surface area contributed by atoms with Crippen LogP contribution >= 0.6 is 7.60 Å². The number of hydrogen-bond acceptors (Lipinski definition) is 10. The summed E-state index contributed by atoms with van der Waals surface area (Å²) in [7, 11) is -4.60. The molecule has 15 heteroatoms. The van der Waals surface area contributed by atoms with Gasteiger partial charge in [-0.1, -0.05) is 0 Å². The number of morpholine rings is 1. The molecule has 1 saturated heterocycles. The normalized spacial score (nSPS) is 25.4. The zero-order valence-electron chi connectivity index (χ0n) is 14.5. The Kier molecular flexibility index (Phi) is 4.90. The summed E-state index contributed by atoms with van der Waals surface area (Å²) < 4.78 is 18.4. The van der Waals surface area contributed by atoms with Gasteiger partial charge in [0.1, 0.15) is 6.10 Å². The largest absolute Gasteiger partial charge is 0.371 e. The van der Waals surface area contributed by atoms with Gasteiger partial charge in [-0.2, -0.15) is 0 Å². The Morgan fingerprint density at radius 3 is 2.55 bits per heavy atom. The van der Waals surface area contributed by atoms with Crippen molar-refractivity contribution in [3.05, 3.63) is 41.5 Å². The van der Waals surface area contributed by atoms with Gasteiger partial charge in [0.25, 0.3) is 5.56 Å². The van der Waals surface area contributed by atoms with Gasteiger partial charge < -0.3 is 29.7 Å². The summed E-state index contributed by atoms with van der Waals surface area (Å²) in [5.74, 6) is -0.0910. The van der Waals surface area contributed by atoms with Crippen molar-refractivity contribution in [3.8, 4) is 0 Å². The molecule has 3 aromatic heterocycles. The minimum absolute atomic E-state index is 0.0246. The van der Waals surface area contributed by atoms with E-state index in [1.165, 1.54) is 29.4 Å². The van der Waals surface area contributed by atoms with Crippen LogP contribution in [-0.4, -0.2) is 74.2 Å². The summed E-state index contributed by atoms with van der Waals surface area (Å²) in [6.07, 6.45) is -1.78. The van der Waals surface area contributed by atoms with Crippen LogP contribution in [0.2, 0.25) is 0 Å². The standard InChI is InChI=1S/C14H16N7O7P/c22-10-8-9(17-5-18-10)20(6-19-8)13-12(24)21(14-15-2-1-3-16-14)11(23)7(28-13)4-29(25,26)27/h1-3,5-7,11-13,23-24H,4H2,(H,17,18,22)(H2,25,26,27)/t7-,11?,12?,13+/m0/s1. The lowest BCUT2D eigenvalue weighted by molar-refractivity contribution is -0.187. The number of aromatic amines is 1. The molecular formula is C14H16N7O7P. The number of aromatic nitrogens is 6. The van der Waals surface area contributed by atoms with Gasteiger partial charge >= 0.3 is 7.60 Å². The van der Waals surface area contributed by atoms with E-state index < -0.39 is 44.1 Å². The van der Waals surface area contributed by atoms with Gasteiger partial charge in [-0.05, 0) is 6.07 Å². The van der Waals surface area contributed by atoms with Crippen LogP contribution in [0.25, 0.3) is 11.2 Å². The molecule has 4 heterocycles. The van der Waals surface area contributed by atoms with E-state index in [4.69, 9.17) is 4.74 Å². The smallest absolute Gasteiger partial charge is 0.328 e. The first-order valence-corrected chi connectivity index (χ1v) is 10.1. The monoisotopic (exact) mass is 425 g/mol. The number of aliphatic hydroxyl groups excluding tert-OH is 2. The maximum atomic E-state index is 11.9. The van der Waals surface area contributed by atoms with E-state index in [0.717, 1.165) is 11.2 Å². The van der Waals surface area contributed by atoms with Crippen molar-refractivity contribution in [2.45, 2.75) is 24.8 Å². The molecule has 0 amide bonds. The van der Waals surface area contributed by atoms with Crippen molar-refractivity contribution in [1.82, 2.24) is 29.5 Å². The van der Waals surface area contributed by atoms with Crippen LogP contribution in [0.5, 0.6) is 0 Å². The van der Waals surface area contributed by atoms with E-state index >= 15 is 0 Å². The summed E-state index contributed by atoms with van der Waals surface area (Å²) in [4.78, 5) is 49.9. The number of H-pyrrole nitrogens is 1. The molecule has 1 aliphatic heterocycles. The summed E-state index contributed by atoms with van der Waals surface area (Å²) in [5.41, 5.74) is -0.476. The second kappa shape index (κ2) is 7.26. The van der Waals surface area contributed by atoms with Crippen molar-refractivity contribution in [2.24, 2.45) is 0 Å². The lowest BCUT2D eigenvalue weighted by Crippen LogP contribution is -2.60. The topological polar surface area (TPSA) is 200 Å². The number of aliphatic hydroxyl groups is 2. The Morgan fingerprint density at radius 1 is 1.14 bits per heavy atom. The molecule has 2 unspecified atom stereocenters. The fourth-order valence-corrected chi connectivity index (χ4v) is 3.83. The third-order valence-electron chi connectivity index (χ3n) is 4.31. The molecule has 1 aliphatic rings. The highest BCUT2D eigenvalue weighted by Crippen LogP contribution is 2.41. The Labute approximate surface area is 161 Å². The van der Waals surface area contributed by atoms with E-state index in [9.17, 15) is 29.4 Å². The number of nitrogens with zero attached hydrogens (tertiary/aromatic N) is 6. The van der Waals surface area contributed by atoms with Crippen molar-refractivity contribution in [1.29, 1.82) is 0 Å². The minimum Gasteiger partial charge on any atom is -0.371 e. The van der Waals surface area contributed by atoms with Crippen LogP contribution in [-0.2, 0) is 9.30 Å². The van der Waals surface area contributed by atoms with Crippen LogP contribution in [0.1, 0.15) is 6.23 Å². The van der Waals surface area contributed by atoms with E-state index in [-0.39, 0.29) is 17.1 Å². The molecule has 4 rings (SSSR count). The van der Waals surface area contributed by atoms with Crippen LogP contribution in [0.15, 0.2) is 35.9 Å². The average molecular weight is 425 g/mol. The van der Waals surface area contributed by atoms with Crippen molar-refractivity contribution in [3.63, 3.8) is 0 Å². The third-order valence-corrected chi connectivity index (χ3v) is 5.15. The summed E-state index contributed by atoms with van der Waals surface area (Å²) in [6, 6.07) is 1.52. The fraction of sp³-hybridized carbons (Fsp3) is 0.357. The van der Waals surface area contributed by atoms with Gasteiger partial charge in [0.05, 0.1) is 18.8 Å². The number of fused-ring (bicyclic) bond motifs is 1. The molecule has 0 aromatic carbocycles. The Hall–Kier alpha value is -2.74. The predicted molar refractivity (Wildman–Crippen MR) is 95.5 cm³/mol. The summed E-state index contributed by atoms with van der Waals surface area (Å²) in [5, 5.41) is 21.5. The maximum absolute atomic E-state index is 11.9. The van der Waals surface area contributed by atoms with E-state index in [1.807, 2.05) is 0 Å². The third kappa shape index (κ3) is 3.64. The molecular weight excluding hydrogens is 409 g/mol. The minimum atomic E-state index is -4.60. The first-order chi connectivity index (χ1) is 13.8. The fourth-order valence-electron chi connectivity index (χ4n) is 3.08. The molecule has 0 aliphatic carbocycles. The predicted octanol–water partition coefficient (Wildman–Crippen LogP) is -1.87. The van der Waals surface area contributed by atoms with Crippen LogP contribution < -0.4 is 10.5 Å². The van der Waals surface area contributed by atoms with Gasteiger partial charge in [-0.15, -0.1) is 0 Å².